The van der Waals surface area contributed by atoms with Gasteiger partial charge in [0.15, 0.2) is 5.82 Å². The molecular formula is C15H12Cl2N6O. The Kier molecular flexibility index (Phi) is 4.37. The number of hydrogen-bond acceptors (Lipinski definition) is 5. The number of rotatable bonds is 3. The maximum atomic E-state index is 12.2. The summed E-state index contributed by atoms with van der Waals surface area (Å²) in [7, 11) is 1.61. The Morgan fingerprint density at radius 2 is 2.04 bits per heavy atom. The van der Waals surface area contributed by atoms with Crippen molar-refractivity contribution in [1.29, 1.82) is 0 Å². The van der Waals surface area contributed by atoms with Gasteiger partial charge >= 0.3 is 0 Å². The van der Waals surface area contributed by atoms with Crippen LogP contribution in [0.3, 0.4) is 0 Å². The van der Waals surface area contributed by atoms with Crippen LogP contribution in [0, 0.1) is 0 Å². The first-order chi connectivity index (χ1) is 11.5. The molecule has 7 nitrogen and oxygen atoms in total. The fourth-order valence-electron chi connectivity index (χ4n) is 2.12. The van der Waals surface area contributed by atoms with Gasteiger partial charge in [0.05, 0.1) is 11.9 Å². The molecular weight excluding hydrogens is 351 g/mol. The van der Waals surface area contributed by atoms with Crippen molar-refractivity contribution in [1.82, 2.24) is 20.0 Å². The number of pyridine rings is 1. The Morgan fingerprint density at radius 3 is 2.71 bits per heavy atom. The number of nitrogens with zero attached hydrogens (tertiary/aromatic N) is 4. The Balaban J connectivity index is 1.89. The fraction of sp³-hybridized carbons (Fsp3) is 0.0667. The van der Waals surface area contributed by atoms with Crippen molar-refractivity contribution < 1.29 is 4.79 Å². The molecule has 0 saturated carbocycles. The van der Waals surface area contributed by atoms with Gasteiger partial charge in [0.2, 0.25) is 0 Å². The number of aryl methyl sites for hydroxylation is 1. The largest absolute Gasteiger partial charge is 0.396 e. The van der Waals surface area contributed by atoms with E-state index >= 15 is 0 Å². The summed E-state index contributed by atoms with van der Waals surface area (Å²) >= 11 is 12.2. The maximum absolute atomic E-state index is 12.2. The second-order valence-electron chi connectivity index (χ2n) is 4.98. The molecule has 0 radical (unpaired) electrons. The molecule has 2 aromatic heterocycles. The van der Waals surface area contributed by atoms with Gasteiger partial charge in [0, 0.05) is 34.4 Å². The second kappa shape index (κ2) is 6.46. The van der Waals surface area contributed by atoms with E-state index in [0.717, 1.165) is 0 Å². The van der Waals surface area contributed by atoms with Crippen LogP contribution >= 0.6 is 23.2 Å². The zero-order valence-electron chi connectivity index (χ0n) is 12.5. The number of benzene rings is 1. The van der Waals surface area contributed by atoms with E-state index in [-0.39, 0.29) is 11.5 Å². The maximum Gasteiger partial charge on any atom is 0.276 e. The molecule has 0 aliphatic carbocycles. The lowest BCUT2D eigenvalue weighted by Crippen LogP contribution is -2.17. The molecule has 3 N–H and O–H groups in total. The predicted molar refractivity (Wildman–Crippen MR) is 93.1 cm³/mol. The fourth-order valence-corrected chi connectivity index (χ4v) is 2.52. The normalized spacial score (nSPS) is 10.6. The average Bonchev–Trinajstić information content (AvgIpc) is 2.98. The van der Waals surface area contributed by atoms with Gasteiger partial charge in [-0.3, -0.25) is 4.79 Å². The summed E-state index contributed by atoms with van der Waals surface area (Å²) in [5.74, 6) is -0.168. The quantitative estimate of drug-likeness (QED) is 0.745. The SMILES string of the molecule is Cn1nncc1C(=O)Nc1ncc(-c2cc(Cl)ccc2Cl)cc1N. The molecule has 9 heteroatoms. The highest BCUT2D eigenvalue weighted by Gasteiger charge is 2.14. The number of carbonyl (C=O) groups is 1. The third-order valence-corrected chi connectivity index (χ3v) is 3.90. The molecule has 2 heterocycles. The minimum Gasteiger partial charge on any atom is -0.396 e. The number of anilines is 2. The molecule has 0 saturated heterocycles. The van der Waals surface area contributed by atoms with Crippen LogP contribution in [0.15, 0.2) is 36.7 Å². The molecule has 0 aliphatic rings. The minimum absolute atomic E-state index is 0.239. The van der Waals surface area contributed by atoms with Crippen molar-refractivity contribution >= 4 is 40.6 Å². The van der Waals surface area contributed by atoms with E-state index in [1.54, 1.807) is 37.5 Å². The predicted octanol–water partition coefficient (Wildman–Crippen LogP) is 3.02. The number of nitrogens with one attached hydrogen (secondary N) is 1. The molecule has 0 atom stereocenters. The van der Waals surface area contributed by atoms with Crippen LogP contribution < -0.4 is 11.1 Å². The third-order valence-electron chi connectivity index (χ3n) is 3.34. The number of amides is 1. The minimum atomic E-state index is -0.407. The van der Waals surface area contributed by atoms with Gasteiger partial charge in [-0.1, -0.05) is 28.4 Å². The molecule has 1 aromatic carbocycles. The highest BCUT2D eigenvalue weighted by molar-refractivity contribution is 6.35. The van der Waals surface area contributed by atoms with Crippen LogP contribution in [0.2, 0.25) is 10.0 Å². The zero-order valence-corrected chi connectivity index (χ0v) is 14.0. The topological polar surface area (TPSA) is 98.7 Å². The molecule has 24 heavy (non-hydrogen) atoms. The summed E-state index contributed by atoms with van der Waals surface area (Å²) in [6.07, 6.45) is 2.91. The lowest BCUT2D eigenvalue weighted by molar-refractivity contribution is 0.101. The molecule has 122 valence electrons. The zero-order chi connectivity index (χ0) is 17.3. The van der Waals surface area contributed by atoms with Crippen molar-refractivity contribution in [3.63, 3.8) is 0 Å². The van der Waals surface area contributed by atoms with Gasteiger partial charge in [-0.15, -0.1) is 5.10 Å². The molecule has 0 fully saturated rings. The van der Waals surface area contributed by atoms with Crippen molar-refractivity contribution in [2.45, 2.75) is 0 Å². The van der Waals surface area contributed by atoms with E-state index in [4.69, 9.17) is 28.9 Å². The van der Waals surface area contributed by atoms with Crippen LogP contribution in [0.1, 0.15) is 10.5 Å². The first kappa shape index (κ1) is 16.2. The highest BCUT2D eigenvalue weighted by Crippen LogP contribution is 2.32. The van der Waals surface area contributed by atoms with Crippen LogP contribution in [-0.2, 0) is 7.05 Å². The van der Waals surface area contributed by atoms with Crippen LogP contribution in [0.4, 0.5) is 11.5 Å². The standard InChI is InChI=1S/C15H12Cl2N6O/c1-23-13(7-20-22-23)15(24)21-14-12(18)4-8(6-19-14)10-5-9(16)2-3-11(10)17/h2-7H,18H2,1H3,(H,19,21,24). The van der Waals surface area contributed by atoms with Crippen molar-refractivity contribution in [3.05, 3.63) is 52.4 Å². The van der Waals surface area contributed by atoms with Gasteiger partial charge in [0.1, 0.15) is 5.69 Å². The molecule has 1 amide bonds. The van der Waals surface area contributed by atoms with Gasteiger partial charge in [-0.25, -0.2) is 9.67 Å². The first-order valence-corrected chi connectivity index (χ1v) is 7.58. The molecule has 0 unspecified atom stereocenters. The summed E-state index contributed by atoms with van der Waals surface area (Å²) < 4.78 is 1.35. The van der Waals surface area contributed by atoms with Gasteiger partial charge < -0.3 is 11.1 Å². The van der Waals surface area contributed by atoms with Gasteiger partial charge in [-0.05, 0) is 24.3 Å². The number of halogens is 2. The van der Waals surface area contributed by atoms with E-state index in [1.807, 2.05) is 0 Å². The van der Waals surface area contributed by atoms with Gasteiger partial charge in [-0.2, -0.15) is 0 Å². The lowest BCUT2D eigenvalue weighted by atomic mass is 10.1. The summed E-state index contributed by atoms with van der Waals surface area (Å²) in [5.41, 5.74) is 7.98. The summed E-state index contributed by atoms with van der Waals surface area (Å²) in [4.78, 5) is 16.4. The molecule has 0 spiro atoms. The summed E-state index contributed by atoms with van der Waals surface area (Å²) in [5, 5.41) is 11.1. The Labute approximate surface area is 147 Å². The van der Waals surface area contributed by atoms with Gasteiger partial charge in [0.25, 0.3) is 5.91 Å². The van der Waals surface area contributed by atoms with E-state index in [0.29, 0.717) is 26.9 Å². The van der Waals surface area contributed by atoms with Crippen molar-refractivity contribution in [2.75, 3.05) is 11.1 Å². The summed E-state index contributed by atoms with van der Waals surface area (Å²) in [6.45, 7) is 0. The number of hydrogen-bond donors (Lipinski definition) is 2. The van der Waals surface area contributed by atoms with Crippen LogP contribution in [0.25, 0.3) is 11.1 Å². The number of nitrogen functional groups attached to an aromatic ring is 1. The van der Waals surface area contributed by atoms with Crippen molar-refractivity contribution in [3.8, 4) is 11.1 Å². The van der Waals surface area contributed by atoms with Crippen LogP contribution in [-0.4, -0.2) is 25.9 Å². The van der Waals surface area contributed by atoms with E-state index in [9.17, 15) is 4.79 Å². The van der Waals surface area contributed by atoms with Crippen LogP contribution in [0.5, 0.6) is 0 Å². The summed E-state index contributed by atoms with van der Waals surface area (Å²) in [6, 6.07) is 6.78. The smallest absolute Gasteiger partial charge is 0.276 e. The Bertz CT molecular complexity index is 924. The third kappa shape index (κ3) is 3.17. The van der Waals surface area contributed by atoms with Crippen molar-refractivity contribution in [2.24, 2.45) is 7.05 Å². The Morgan fingerprint density at radius 1 is 1.25 bits per heavy atom. The first-order valence-electron chi connectivity index (χ1n) is 6.82. The number of carbonyl (C=O) groups excluding carboxylic acids is 1. The second-order valence-corrected chi connectivity index (χ2v) is 5.83. The van der Waals surface area contributed by atoms with E-state index in [2.05, 4.69) is 20.6 Å². The molecule has 3 rings (SSSR count). The average molecular weight is 363 g/mol. The highest BCUT2D eigenvalue weighted by atomic mass is 35.5. The van der Waals surface area contributed by atoms with E-state index in [1.165, 1.54) is 10.9 Å². The number of aromatic nitrogens is 4. The molecule has 0 aliphatic heterocycles. The van der Waals surface area contributed by atoms with E-state index < -0.39 is 5.91 Å². The Hall–Kier alpha value is -2.64. The lowest BCUT2D eigenvalue weighted by Gasteiger charge is -2.10. The molecule has 0 bridgehead atoms. The molecule has 3 aromatic rings. The number of nitrogens with two attached hydrogens (primary N) is 1. The monoisotopic (exact) mass is 362 g/mol.